The van der Waals surface area contributed by atoms with E-state index in [2.05, 4.69) is 36.5 Å². The summed E-state index contributed by atoms with van der Waals surface area (Å²) in [6.45, 7) is 0. The van der Waals surface area contributed by atoms with Crippen LogP contribution in [0.1, 0.15) is 25.7 Å². The van der Waals surface area contributed by atoms with Gasteiger partial charge in [-0.25, -0.2) is 0 Å². The normalized spacial score (nSPS) is 42.0. The van der Waals surface area contributed by atoms with Crippen molar-refractivity contribution in [2.75, 3.05) is 0 Å². The number of hydrogen-bond acceptors (Lipinski definition) is 0. The van der Waals surface area contributed by atoms with Gasteiger partial charge in [0.1, 0.15) is 0 Å². The highest BCUT2D eigenvalue weighted by Gasteiger charge is 2.30. The topological polar surface area (TPSA) is 0 Å². The van der Waals surface area contributed by atoms with E-state index in [9.17, 15) is 0 Å². The third kappa shape index (κ3) is 1.29. The first-order valence-electron chi connectivity index (χ1n) is 6.66. The highest BCUT2D eigenvalue weighted by Crippen LogP contribution is 2.44. The average molecular weight is 210 g/mol. The standard InChI is InChI=1S/C16H18/c1-3-13-7-11(1)9-15(13)5-6-16-10-12-2-4-14(16)8-12/h1-4,9-14H,5-8H2. The summed E-state index contributed by atoms with van der Waals surface area (Å²) >= 11 is 0. The predicted molar refractivity (Wildman–Crippen MR) is 66.9 cm³/mol. The summed E-state index contributed by atoms with van der Waals surface area (Å²) in [5.74, 6) is 3.18. The van der Waals surface area contributed by atoms with E-state index in [4.69, 9.17) is 0 Å². The zero-order chi connectivity index (χ0) is 10.5. The predicted octanol–water partition coefficient (Wildman–Crippen LogP) is 4.03. The van der Waals surface area contributed by atoms with Gasteiger partial charge >= 0.3 is 0 Å². The Morgan fingerprint density at radius 2 is 1.25 bits per heavy atom. The minimum atomic E-state index is 0.786. The molecule has 4 aliphatic rings. The second-order valence-electron chi connectivity index (χ2n) is 5.77. The smallest absolute Gasteiger partial charge is 0.00142 e. The van der Waals surface area contributed by atoms with E-state index < -0.39 is 0 Å². The molecule has 0 nitrogen and oxygen atoms in total. The first-order valence-corrected chi connectivity index (χ1v) is 6.66. The van der Waals surface area contributed by atoms with E-state index in [1.54, 1.807) is 11.1 Å². The van der Waals surface area contributed by atoms with Gasteiger partial charge in [-0.15, -0.1) is 0 Å². The maximum absolute atomic E-state index is 2.52. The van der Waals surface area contributed by atoms with Crippen LogP contribution in [0.15, 0.2) is 47.6 Å². The van der Waals surface area contributed by atoms with Gasteiger partial charge in [-0.3, -0.25) is 0 Å². The summed E-state index contributed by atoms with van der Waals surface area (Å²) in [6, 6.07) is 0. The maximum atomic E-state index is 2.52. The molecule has 0 heteroatoms. The monoisotopic (exact) mass is 210 g/mol. The van der Waals surface area contributed by atoms with Crippen molar-refractivity contribution in [1.82, 2.24) is 0 Å². The van der Waals surface area contributed by atoms with Crippen molar-refractivity contribution in [3.05, 3.63) is 47.6 Å². The summed E-state index contributed by atoms with van der Waals surface area (Å²) < 4.78 is 0. The molecule has 82 valence electrons. The van der Waals surface area contributed by atoms with Crippen molar-refractivity contribution in [2.45, 2.75) is 25.7 Å². The third-order valence-electron chi connectivity index (χ3n) is 4.74. The first kappa shape index (κ1) is 9.04. The van der Waals surface area contributed by atoms with Crippen LogP contribution in [0.2, 0.25) is 0 Å². The largest absolute Gasteiger partial charge is 0.0810 e. The molecule has 0 fully saturated rings. The number of allylic oxidation sites excluding steroid dienone is 8. The molecule has 4 atom stereocenters. The number of hydrogen-bond donors (Lipinski definition) is 0. The number of rotatable bonds is 3. The summed E-state index contributed by atoms with van der Waals surface area (Å²) in [5, 5.41) is 0. The van der Waals surface area contributed by atoms with Gasteiger partial charge in [-0.05, 0) is 49.4 Å². The van der Waals surface area contributed by atoms with E-state index in [0.29, 0.717) is 0 Å². The molecule has 0 aliphatic heterocycles. The van der Waals surface area contributed by atoms with Gasteiger partial charge in [-0.2, -0.15) is 0 Å². The van der Waals surface area contributed by atoms with Crippen LogP contribution in [-0.4, -0.2) is 0 Å². The zero-order valence-corrected chi connectivity index (χ0v) is 9.60. The Morgan fingerprint density at radius 1 is 0.750 bits per heavy atom. The molecular weight excluding hydrogens is 192 g/mol. The Kier molecular flexibility index (Phi) is 1.82. The molecule has 0 aromatic carbocycles. The van der Waals surface area contributed by atoms with Crippen LogP contribution >= 0.6 is 0 Å². The van der Waals surface area contributed by atoms with Crippen molar-refractivity contribution in [1.29, 1.82) is 0 Å². The van der Waals surface area contributed by atoms with Crippen LogP contribution in [0, 0.1) is 23.7 Å². The molecule has 0 saturated carbocycles. The van der Waals surface area contributed by atoms with Gasteiger partial charge in [0.15, 0.2) is 0 Å². The van der Waals surface area contributed by atoms with E-state index in [0.717, 1.165) is 23.7 Å². The van der Waals surface area contributed by atoms with Crippen molar-refractivity contribution in [2.24, 2.45) is 23.7 Å². The lowest BCUT2D eigenvalue weighted by molar-refractivity contribution is 0.665. The Bertz CT molecular complexity index is 391. The summed E-state index contributed by atoms with van der Waals surface area (Å²) in [7, 11) is 0. The Balaban J connectivity index is 1.40. The van der Waals surface area contributed by atoms with Crippen LogP contribution in [0.5, 0.6) is 0 Å². The SMILES string of the molecule is C1=CC2CC1C=C2CCC1=CC2C=CC1C2. The molecule has 0 heterocycles. The quantitative estimate of drug-likeness (QED) is 0.617. The van der Waals surface area contributed by atoms with E-state index >= 15 is 0 Å². The maximum Gasteiger partial charge on any atom is -0.00142 e. The van der Waals surface area contributed by atoms with Gasteiger partial charge in [0.05, 0.1) is 0 Å². The Morgan fingerprint density at radius 3 is 1.56 bits per heavy atom. The Labute approximate surface area is 97.4 Å². The fourth-order valence-electron chi connectivity index (χ4n) is 3.87. The molecule has 0 aromatic heterocycles. The van der Waals surface area contributed by atoms with Gasteiger partial charge in [0, 0.05) is 0 Å². The lowest BCUT2D eigenvalue weighted by Gasteiger charge is -2.13. The van der Waals surface area contributed by atoms with Crippen molar-refractivity contribution in [3.63, 3.8) is 0 Å². The first-order chi connectivity index (χ1) is 7.88. The number of fused-ring (bicyclic) bond motifs is 4. The lowest BCUT2D eigenvalue weighted by atomic mass is 9.92. The van der Waals surface area contributed by atoms with Gasteiger partial charge in [0.2, 0.25) is 0 Å². The molecule has 4 unspecified atom stereocenters. The average Bonchev–Trinajstić information content (AvgIpc) is 3.05. The van der Waals surface area contributed by atoms with Crippen LogP contribution < -0.4 is 0 Å². The molecule has 4 bridgehead atoms. The van der Waals surface area contributed by atoms with E-state index in [1.807, 2.05) is 0 Å². The second-order valence-corrected chi connectivity index (χ2v) is 5.77. The van der Waals surface area contributed by atoms with Crippen molar-refractivity contribution >= 4 is 0 Å². The molecule has 4 rings (SSSR count). The highest BCUT2D eigenvalue weighted by molar-refractivity contribution is 5.33. The second kappa shape index (κ2) is 3.23. The molecule has 0 N–H and O–H groups in total. The molecule has 4 aliphatic carbocycles. The summed E-state index contributed by atoms with van der Waals surface area (Å²) in [4.78, 5) is 0. The van der Waals surface area contributed by atoms with Gasteiger partial charge < -0.3 is 0 Å². The van der Waals surface area contributed by atoms with Crippen molar-refractivity contribution in [3.8, 4) is 0 Å². The highest BCUT2D eigenvalue weighted by atomic mass is 14.3. The molecule has 0 aromatic rings. The van der Waals surface area contributed by atoms with E-state index in [1.165, 1.54) is 25.7 Å². The minimum absolute atomic E-state index is 0.786. The molecule has 0 amide bonds. The lowest BCUT2D eigenvalue weighted by Crippen LogP contribution is -1.98. The molecule has 0 spiro atoms. The van der Waals surface area contributed by atoms with Gasteiger partial charge in [0.25, 0.3) is 0 Å². The van der Waals surface area contributed by atoms with Crippen LogP contribution in [0.25, 0.3) is 0 Å². The minimum Gasteiger partial charge on any atom is -0.0810 e. The third-order valence-corrected chi connectivity index (χ3v) is 4.74. The van der Waals surface area contributed by atoms with E-state index in [-0.39, 0.29) is 0 Å². The molecule has 0 saturated heterocycles. The zero-order valence-electron chi connectivity index (χ0n) is 9.60. The fourth-order valence-corrected chi connectivity index (χ4v) is 3.87. The van der Waals surface area contributed by atoms with Crippen LogP contribution in [0.3, 0.4) is 0 Å². The molecule has 16 heavy (non-hydrogen) atoms. The molecule has 0 radical (unpaired) electrons. The fraction of sp³-hybridized carbons (Fsp3) is 0.500. The van der Waals surface area contributed by atoms with Crippen LogP contribution in [-0.2, 0) is 0 Å². The summed E-state index contributed by atoms with van der Waals surface area (Å²) in [6.07, 6.45) is 20.0. The van der Waals surface area contributed by atoms with Crippen LogP contribution in [0.4, 0.5) is 0 Å². The Hall–Kier alpha value is -1.04. The summed E-state index contributed by atoms with van der Waals surface area (Å²) in [5.41, 5.74) is 3.44. The molecular formula is C16H18. The van der Waals surface area contributed by atoms with Gasteiger partial charge in [-0.1, -0.05) is 47.6 Å². The van der Waals surface area contributed by atoms with Crippen molar-refractivity contribution < 1.29 is 0 Å².